The van der Waals surface area contributed by atoms with E-state index < -0.39 is 0 Å². The first-order valence-electron chi connectivity index (χ1n) is 6.65. The number of rotatable bonds is 3. The molecule has 0 saturated carbocycles. The smallest absolute Gasteiger partial charge is 0.123 e. The molecule has 98 valence electrons. The van der Waals surface area contributed by atoms with Gasteiger partial charge in [0.05, 0.1) is 0 Å². The van der Waals surface area contributed by atoms with Crippen molar-refractivity contribution < 1.29 is 4.39 Å². The maximum absolute atomic E-state index is 13.1. The fourth-order valence-electron chi connectivity index (χ4n) is 2.62. The molecular weight excluding hydrogens is 239 g/mol. The van der Waals surface area contributed by atoms with Crippen LogP contribution >= 0.6 is 0 Å². The van der Waals surface area contributed by atoms with Crippen molar-refractivity contribution >= 4 is 11.4 Å². The molecule has 1 saturated heterocycles. The molecule has 3 heteroatoms. The lowest BCUT2D eigenvalue weighted by Crippen LogP contribution is -2.32. The SMILES string of the molecule is Fc1ccc(N(c2ccccc2)[C@H]2CCNC2)cc1. The van der Waals surface area contributed by atoms with Crippen LogP contribution in [0.15, 0.2) is 54.6 Å². The van der Waals surface area contributed by atoms with Crippen LogP contribution in [0.5, 0.6) is 0 Å². The Labute approximate surface area is 112 Å². The summed E-state index contributed by atoms with van der Waals surface area (Å²) in [6.45, 7) is 2.00. The summed E-state index contributed by atoms with van der Waals surface area (Å²) in [5.41, 5.74) is 2.20. The highest BCUT2D eigenvalue weighted by molar-refractivity contribution is 5.64. The van der Waals surface area contributed by atoms with E-state index in [0.717, 1.165) is 30.9 Å². The third-order valence-electron chi connectivity index (χ3n) is 3.54. The predicted molar refractivity (Wildman–Crippen MR) is 76.3 cm³/mol. The molecule has 1 heterocycles. The van der Waals surface area contributed by atoms with Crippen LogP contribution in [-0.2, 0) is 0 Å². The quantitative estimate of drug-likeness (QED) is 0.906. The number of nitrogens with zero attached hydrogens (tertiary/aromatic N) is 1. The molecule has 1 N–H and O–H groups in total. The van der Waals surface area contributed by atoms with Crippen LogP contribution < -0.4 is 10.2 Å². The second-order valence-electron chi connectivity index (χ2n) is 4.83. The summed E-state index contributed by atoms with van der Waals surface area (Å²) in [5, 5.41) is 3.39. The second-order valence-corrected chi connectivity index (χ2v) is 4.83. The molecule has 2 nitrogen and oxygen atoms in total. The molecule has 1 aliphatic heterocycles. The van der Waals surface area contributed by atoms with E-state index in [9.17, 15) is 4.39 Å². The van der Waals surface area contributed by atoms with E-state index in [-0.39, 0.29) is 5.82 Å². The highest BCUT2D eigenvalue weighted by atomic mass is 19.1. The van der Waals surface area contributed by atoms with Gasteiger partial charge in [-0.2, -0.15) is 0 Å². The van der Waals surface area contributed by atoms with Gasteiger partial charge in [0.25, 0.3) is 0 Å². The van der Waals surface area contributed by atoms with E-state index in [2.05, 4.69) is 22.3 Å². The van der Waals surface area contributed by atoms with Gasteiger partial charge in [-0.25, -0.2) is 4.39 Å². The van der Waals surface area contributed by atoms with Crippen LogP contribution in [0.1, 0.15) is 6.42 Å². The lowest BCUT2D eigenvalue weighted by atomic mass is 10.1. The van der Waals surface area contributed by atoms with Crippen molar-refractivity contribution in [3.63, 3.8) is 0 Å². The minimum atomic E-state index is -0.193. The monoisotopic (exact) mass is 256 g/mol. The normalized spacial score (nSPS) is 18.5. The van der Waals surface area contributed by atoms with Gasteiger partial charge in [-0.15, -0.1) is 0 Å². The first-order chi connectivity index (χ1) is 9.34. The first-order valence-corrected chi connectivity index (χ1v) is 6.65. The summed E-state index contributed by atoms with van der Waals surface area (Å²) in [6, 6.07) is 17.4. The molecular formula is C16H17FN2. The minimum absolute atomic E-state index is 0.193. The lowest BCUT2D eigenvalue weighted by Gasteiger charge is -2.30. The third-order valence-corrected chi connectivity index (χ3v) is 3.54. The Morgan fingerprint density at radius 3 is 2.26 bits per heavy atom. The standard InChI is InChI=1S/C16H17FN2/c17-13-6-8-15(9-7-13)19(16-10-11-18-12-16)14-4-2-1-3-5-14/h1-9,16,18H,10-12H2/t16-/m0/s1. The van der Waals surface area contributed by atoms with Gasteiger partial charge in [0.2, 0.25) is 0 Å². The molecule has 1 aliphatic rings. The van der Waals surface area contributed by atoms with Crippen LogP contribution in [0.2, 0.25) is 0 Å². The third kappa shape index (κ3) is 2.61. The Bertz CT molecular complexity index is 518. The van der Waals surface area contributed by atoms with Crippen LogP contribution in [-0.4, -0.2) is 19.1 Å². The molecule has 2 aromatic rings. The van der Waals surface area contributed by atoms with Gasteiger partial charge in [-0.3, -0.25) is 0 Å². The highest BCUT2D eigenvalue weighted by Gasteiger charge is 2.23. The fourth-order valence-corrected chi connectivity index (χ4v) is 2.62. The molecule has 3 rings (SSSR count). The van der Waals surface area contributed by atoms with Gasteiger partial charge in [-0.1, -0.05) is 18.2 Å². The van der Waals surface area contributed by atoms with Crippen molar-refractivity contribution in [2.24, 2.45) is 0 Å². The number of anilines is 2. The molecule has 0 unspecified atom stereocenters. The maximum Gasteiger partial charge on any atom is 0.123 e. The minimum Gasteiger partial charge on any atom is -0.337 e. The Morgan fingerprint density at radius 2 is 1.63 bits per heavy atom. The van der Waals surface area contributed by atoms with E-state index in [0.29, 0.717) is 6.04 Å². The van der Waals surface area contributed by atoms with Crippen molar-refractivity contribution in [2.75, 3.05) is 18.0 Å². The summed E-state index contributed by atoms with van der Waals surface area (Å²) in [6.07, 6.45) is 1.10. The fraction of sp³-hybridized carbons (Fsp3) is 0.250. The van der Waals surface area contributed by atoms with Crippen molar-refractivity contribution in [3.8, 4) is 0 Å². The summed E-state index contributed by atoms with van der Waals surface area (Å²) >= 11 is 0. The molecule has 1 atom stereocenters. The molecule has 0 radical (unpaired) electrons. The van der Waals surface area contributed by atoms with Crippen LogP contribution in [0.25, 0.3) is 0 Å². The van der Waals surface area contributed by atoms with Crippen molar-refractivity contribution in [1.29, 1.82) is 0 Å². The molecule has 19 heavy (non-hydrogen) atoms. The van der Waals surface area contributed by atoms with E-state index >= 15 is 0 Å². The van der Waals surface area contributed by atoms with Gasteiger partial charge in [0, 0.05) is 24.0 Å². The van der Waals surface area contributed by atoms with Crippen molar-refractivity contribution in [2.45, 2.75) is 12.5 Å². The Hall–Kier alpha value is -1.87. The van der Waals surface area contributed by atoms with Crippen molar-refractivity contribution in [1.82, 2.24) is 5.32 Å². The number of halogens is 1. The van der Waals surface area contributed by atoms with Gasteiger partial charge in [0.1, 0.15) is 5.82 Å². The zero-order chi connectivity index (χ0) is 13.1. The zero-order valence-corrected chi connectivity index (χ0v) is 10.7. The van der Waals surface area contributed by atoms with E-state index in [1.165, 1.54) is 12.1 Å². The Kier molecular flexibility index (Phi) is 3.47. The van der Waals surface area contributed by atoms with E-state index in [1.807, 2.05) is 30.3 Å². The van der Waals surface area contributed by atoms with Gasteiger partial charge >= 0.3 is 0 Å². The molecule has 2 aromatic carbocycles. The van der Waals surface area contributed by atoms with Crippen molar-refractivity contribution in [3.05, 3.63) is 60.4 Å². The lowest BCUT2D eigenvalue weighted by molar-refractivity contribution is 0.627. The number of hydrogen-bond donors (Lipinski definition) is 1. The summed E-state index contributed by atoms with van der Waals surface area (Å²) in [4.78, 5) is 2.29. The molecule has 0 aliphatic carbocycles. The number of hydrogen-bond acceptors (Lipinski definition) is 2. The van der Waals surface area contributed by atoms with Crippen LogP contribution in [0.4, 0.5) is 15.8 Å². The first kappa shape index (κ1) is 12.2. The summed E-state index contributed by atoms with van der Waals surface area (Å²) in [5.74, 6) is -0.193. The van der Waals surface area contributed by atoms with Gasteiger partial charge < -0.3 is 10.2 Å². The largest absolute Gasteiger partial charge is 0.337 e. The zero-order valence-electron chi connectivity index (χ0n) is 10.7. The predicted octanol–water partition coefficient (Wildman–Crippen LogP) is 3.33. The van der Waals surface area contributed by atoms with Crippen LogP contribution in [0.3, 0.4) is 0 Å². The Morgan fingerprint density at radius 1 is 0.947 bits per heavy atom. The molecule has 0 bridgehead atoms. The average Bonchev–Trinajstić information content (AvgIpc) is 2.96. The average molecular weight is 256 g/mol. The maximum atomic E-state index is 13.1. The Balaban J connectivity index is 1.98. The van der Waals surface area contributed by atoms with Crippen LogP contribution in [0, 0.1) is 5.82 Å². The number of para-hydroxylation sites is 1. The molecule has 0 spiro atoms. The van der Waals surface area contributed by atoms with E-state index in [4.69, 9.17) is 0 Å². The van der Waals surface area contributed by atoms with Gasteiger partial charge in [-0.05, 0) is 49.4 Å². The number of nitrogens with one attached hydrogen (secondary N) is 1. The molecule has 0 aromatic heterocycles. The summed E-state index contributed by atoms with van der Waals surface area (Å²) in [7, 11) is 0. The number of benzene rings is 2. The second kappa shape index (κ2) is 5.41. The highest BCUT2D eigenvalue weighted by Crippen LogP contribution is 2.29. The topological polar surface area (TPSA) is 15.3 Å². The summed E-state index contributed by atoms with van der Waals surface area (Å²) < 4.78 is 13.1. The van der Waals surface area contributed by atoms with E-state index in [1.54, 1.807) is 0 Å². The van der Waals surface area contributed by atoms with Gasteiger partial charge in [0.15, 0.2) is 0 Å². The molecule has 0 amide bonds. The molecule has 1 fully saturated rings.